The van der Waals surface area contributed by atoms with E-state index in [0.29, 0.717) is 13.0 Å². The monoisotopic (exact) mass is 275 g/mol. The van der Waals surface area contributed by atoms with E-state index in [-0.39, 0.29) is 28.6 Å². The molecule has 1 heterocycles. The molecule has 5 heteroatoms. The van der Waals surface area contributed by atoms with E-state index in [1.165, 1.54) is 0 Å². The topological polar surface area (TPSA) is 69.4 Å². The SMILES string of the molecule is CC1(C)CCC(N)C(S(=O)(=O)CC2CCCO2)C1. The average molecular weight is 275 g/mol. The van der Waals surface area contributed by atoms with Crippen LogP contribution in [0.4, 0.5) is 0 Å². The van der Waals surface area contributed by atoms with Gasteiger partial charge < -0.3 is 10.5 Å². The molecule has 0 bridgehead atoms. The van der Waals surface area contributed by atoms with Crippen LogP contribution in [0.3, 0.4) is 0 Å². The quantitative estimate of drug-likeness (QED) is 0.847. The van der Waals surface area contributed by atoms with Gasteiger partial charge in [0.25, 0.3) is 0 Å². The Morgan fingerprint density at radius 3 is 2.67 bits per heavy atom. The lowest BCUT2D eigenvalue weighted by molar-refractivity contribution is 0.126. The first-order valence-corrected chi connectivity index (χ1v) is 8.60. The Hall–Kier alpha value is -0.130. The van der Waals surface area contributed by atoms with Crippen LogP contribution in [-0.4, -0.2) is 38.2 Å². The van der Waals surface area contributed by atoms with Crippen molar-refractivity contribution in [2.75, 3.05) is 12.4 Å². The summed E-state index contributed by atoms with van der Waals surface area (Å²) >= 11 is 0. The number of hydrogen-bond acceptors (Lipinski definition) is 4. The lowest BCUT2D eigenvalue weighted by Gasteiger charge is -2.39. The number of rotatable bonds is 3. The summed E-state index contributed by atoms with van der Waals surface area (Å²) in [5.41, 5.74) is 6.13. The molecule has 2 fully saturated rings. The highest BCUT2D eigenvalue weighted by atomic mass is 32.2. The molecule has 4 nitrogen and oxygen atoms in total. The number of ether oxygens (including phenoxy) is 1. The fourth-order valence-corrected chi connectivity index (χ4v) is 5.50. The van der Waals surface area contributed by atoms with Crippen LogP contribution >= 0.6 is 0 Å². The van der Waals surface area contributed by atoms with E-state index in [0.717, 1.165) is 25.7 Å². The summed E-state index contributed by atoms with van der Waals surface area (Å²) in [5.74, 6) is 0.154. The third-order valence-electron chi connectivity index (χ3n) is 4.29. The third-order valence-corrected chi connectivity index (χ3v) is 6.56. The van der Waals surface area contributed by atoms with Crippen molar-refractivity contribution in [2.45, 2.75) is 63.3 Å². The fourth-order valence-electron chi connectivity index (χ4n) is 3.09. The first-order chi connectivity index (χ1) is 8.30. The number of sulfone groups is 1. The lowest BCUT2D eigenvalue weighted by atomic mass is 9.75. The molecule has 2 aliphatic rings. The van der Waals surface area contributed by atoms with Crippen LogP contribution in [-0.2, 0) is 14.6 Å². The zero-order valence-corrected chi connectivity index (χ0v) is 12.2. The molecule has 0 aromatic heterocycles. The Labute approximate surface area is 110 Å². The van der Waals surface area contributed by atoms with E-state index in [1.54, 1.807) is 0 Å². The Balaban J connectivity index is 2.07. The summed E-state index contributed by atoms with van der Waals surface area (Å²) in [6.45, 7) is 4.96. The van der Waals surface area contributed by atoms with Gasteiger partial charge in [0, 0.05) is 12.6 Å². The van der Waals surface area contributed by atoms with Crippen LogP contribution in [0, 0.1) is 5.41 Å². The Morgan fingerprint density at radius 1 is 1.33 bits per heavy atom. The van der Waals surface area contributed by atoms with E-state index in [9.17, 15) is 8.42 Å². The molecular weight excluding hydrogens is 250 g/mol. The van der Waals surface area contributed by atoms with E-state index in [1.807, 2.05) is 0 Å². The maximum absolute atomic E-state index is 12.5. The minimum atomic E-state index is -3.14. The zero-order chi connectivity index (χ0) is 13.4. The number of hydrogen-bond donors (Lipinski definition) is 1. The molecule has 1 saturated carbocycles. The molecule has 2 N–H and O–H groups in total. The maximum Gasteiger partial charge on any atom is 0.157 e. The van der Waals surface area contributed by atoms with Crippen molar-refractivity contribution in [2.24, 2.45) is 11.1 Å². The van der Waals surface area contributed by atoms with Crippen molar-refractivity contribution >= 4 is 9.84 Å². The molecule has 2 rings (SSSR count). The van der Waals surface area contributed by atoms with Crippen LogP contribution < -0.4 is 5.73 Å². The van der Waals surface area contributed by atoms with Gasteiger partial charge in [-0.3, -0.25) is 0 Å². The Bertz CT molecular complexity index is 385. The van der Waals surface area contributed by atoms with Crippen LogP contribution in [0.25, 0.3) is 0 Å². The summed E-state index contributed by atoms with van der Waals surface area (Å²) in [7, 11) is -3.14. The van der Waals surface area contributed by atoms with Crippen molar-refractivity contribution in [1.29, 1.82) is 0 Å². The van der Waals surface area contributed by atoms with Gasteiger partial charge in [-0.1, -0.05) is 13.8 Å². The minimum absolute atomic E-state index is 0.0874. The molecule has 1 saturated heterocycles. The summed E-state index contributed by atoms with van der Waals surface area (Å²) in [6, 6.07) is -0.204. The summed E-state index contributed by atoms with van der Waals surface area (Å²) in [4.78, 5) is 0. The molecule has 3 atom stereocenters. The Morgan fingerprint density at radius 2 is 2.06 bits per heavy atom. The smallest absolute Gasteiger partial charge is 0.157 e. The highest BCUT2D eigenvalue weighted by Gasteiger charge is 2.41. The molecular formula is C13H25NO3S. The zero-order valence-electron chi connectivity index (χ0n) is 11.4. The largest absolute Gasteiger partial charge is 0.377 e. The molecule has 1 aliphatic carbocycles. The molecule has 0 amide bonds. The third kappa shape index (κ3) is 3.25. The molecule has 0 spiro atoms. The van der Waals surface area contributed by atoms with Gasteiger partial charge in [0.1, 0.15) is 0 Å². The second kappa shape index (κ2) is 5.10. The van der Waals surface area contributed by atoms with Gasteiger partial charge in [0.2, 0.25) is 0 Å². The number of nitrogens with two attached hydrogens (primary N) is 1. The molecule has 106 valence electrons. The predicted octanol–water partition coefficient (Wildman–Crippen LogP) is 1.49. The highest BCUT2D eigenvalue weighted by molar-refractivity contribution is 7.92. The predicted molar refractivity (Wildman–Crippen MR) is 72.2 cm³/mol. The minimum Gasteiger partial charge on any atom is -0.377 e. The van der Waals surface area contributed by atoms with Crippen LogP contribution in [0.1, 0.15) is 46.0 Å². The molecule has 0 aromatic carbocycles. The molecule has 3 unspecified atom stereocenters. The molecule has 0 aromatic rings. The molecule has 0 radical (unpaired) electrons. The van der Waals surface area contributed by atoms with Gasteiger partial charge in [0.15, 0.2) is 9.84 Å². The normalized spacial score (nSPS) is 36.7. The Kier molecular flexibility index (Phi) is 4.04. The van der Waals surface area contributed by atoms with Gasteiger partial charge in [-0.25, -0.2) is 8.42 Å². The first kappa shape index (κ1) is 14.3. The van der Waals surface area contributed by atoms with Crippen LogP contribution in [0.15, 0.2) is 0 Å². The van der Waals surface area contributed by atoms with E-state index < -0.39 is 9.84 Å². The highest BCUT2D eigenvalue weighted by Crippen LogP contribution is 2.38. The van der Waals surface area contributed by atoms with E-state index in [2.05, 4.69) is 13.8 Å². The average Bonchev–Trinajstić information content (AvgIpc) is 2.73. The maximum atomic E-state index is 12.5. The summed E-state index contributed by atoms with van der Waals surface area (Å²) < 4.78 is 30.4. The van der Waals surface area contributed by atoms with Crippen molar-refractivity contribution in [3.8, 4) is 0 Å². The van der Waals surface area contributed by atoms with Crippen molar-refractivity contribution < 1.29 is 13.2 Å². The van der Waals surface area contributed by atoms with Crippen molar-refractivity contribution in [1.82, 2.24) is 0 Å². The van der Waals surface area contributed by atoms with Gasteiger partial charge in [-0.05, 0) is 37.5 Å². The van der Waals surface area contributed by atoms with Gasteiger partial charge >= 0.3 is 0 Å². The van der Waals surface area contributed by atoms with E-state index in [4.69, 9.17) is 10.5 Å². The standard InChI is InChI=1S/C13H25NO3S/c1-13(2)6-5-11(14)12(8-13)18(15,16)9-10-4-3-7-17-10/h10-12H,3-9,14H2,1-2H3. The van der Waals surface area contributed by atoms with E-state index >= 15 is 0 Å². The lowest BCUT2D eigenvalue weighted by Crippen LogP contribution is -2.49. The van der Waals surface area contributed by atoms with Crippen molar-refractivity contribution in [3.63, 3.8) is 0 Å². The van der Waals surface area contributed by atoms with Gasteiger partial charge in [-0.15, -0.1) is 0 Å². The molecule has 18 heavy (non-hydrogen) atoms. The van der Waals surface area contributed by atoms with Crippen LogP contribution in [0.5, 0.6) is 0 Å². The van der Waals surface area contributed by atoms with Gasteiger partial charge in [0.05, 0.1) is 17.1 Å². The van der Waals surface area contributed by atoms with Crippen molar-refractivity contribution in [3.05, 3.63) is 0 Å². The first-order valence-electron chi connectivity index (χ1n) is 6.89. The second-order valence-electron chi connectivity index (χ2n) is 6.57. The van der Waals surface area contributed by atoms with Gasteiger partial charge in [-0.2, -0.15) is 0 Å². The second-order valence-corrected chi connectivity index (χ2v) is 8.84. The fraction of sp³-hybridized carbons (Fsp3) is 1.00. The molecule has 1 aliphatic heterocycles. The van der Waals surface area contributed by atoms with Crippen LogP contribution in [0.2, 0.25) is 0 Å². The summed E-state index contributed by atoms with van der Waals surface area (Å²) in [5, 5.41) is -0.384. The summed E-state index contributed by atoms with van der Waals surface area (Å²) in [6.07, 6.45) is 4.24.